The van der Waals surface area contributed by atoms with E-state index in [-0.39, 0.29) is 5.56 Å². The highest BCUT2D eigenvalue weighted by Crippen LogP contribution is 2.42. The molecule has 3 heterocycles. The second-order valence-electron chi connectivity index (χ2n) is 6.78. The minimum Gasteiger partial charge on any atom is -0.490 e. The number of thioether (sulfide) groups is 1. The summed E-state index contributed by atoms with van der Waals surface area (Å²) in [6.45, 7) is 7.12. The van der Waals surface area contributed by atoms with Gasteiger partial charge in [-0.3, -0.25) is 9.20 Å². The molecule has 0 fully saturated rings. The van der Waals surface area contributed by atoms with Crippen LogP contribution in [0.25, 0.3) is 17.1 Å². The van der Waals surface area contributed by atoms with Crippen molar-refractivity contribution < 1.29 is 18.6 Å². The second kappa shape index (κ2) is 10.4. The number of nitrogens with zero attached hydrogens (tertiary/aromatic N) is 4. The standard InChI is InChI=1S/C23H24N4O5S/c1-4-29-17-11-15(12-18(30-5-2)21(17)31-6-3)22-25-26-23(32-22)33-14-16-13-20(28)27-10-8-7-9-19(27)24-16/h7-13H,4-6,14H2,1-3H3. The van der Waals surface area contributed by atoms with Crippen molar-refractivity contribution in [2.75, 3.05) is 19.8 Å². The van der Waals surface area contributed by atoms with Crippen LogP contribution in [0.4, 0.5) is 0 Å². The van der Waals surface area contributed by atoms with Crippen LogP contribution in [0.3, 0.4) is 0 Å². The first-order chi connectivity index (χ1) is 16.1. The van der Waals surface area contributed by atoms with Crippen molar-refractivity contribution in [1.82, 2.24) is 19.6 Å². The first-order valence-corrected chi connectivity index (χ1v) is 11.6. The van der Waals surface area contributed by atoms with E-state index in [2.05, 4.69) is 15.2 Å². The van der Waals surface area contributed by atoms with Gasteiger partial charge in [-0.1, -0.05) is 17.8 Å². The van der Waals surface area contributed by atoms with Crippen molar-refractivity contribution in [2.24, 2.45) is 0 Å². The van der Waals surface area contributed by atoms with Crippen LogP contribution in [0.15, 0.2) is 57.0 Å². The molecule has 0 unspecified atom stereocenters. The van der Waals surface area contributed by atoms with E-state index in [4.69, 9.17) is 18.6 Å². The van der Waals surface area contributed by atoms with Gasteiger partial charge in [-0.05, 0) is 45.0 Å². The van der Waals surface area contributed by atoms with Crippen LogP contribution < -0.4 is 19.8 Å². The molecule has 0 spiro atoms. The number of hydrogen-bond acceptors (Lipinski definition) is 9. The molecule has 0 aliphatic rings. The molecule has 0 bridgehead atoms. The van der Waals surface area contributed by atoms with Crippen molar-refractivity contribution in [3.8, 4) is 28.7 Å². The first kappa shape index (κ1) is 22.7. The van der Waals surface area contributed by atoms with Crippen LogP contribution in [-0.4, -0.2) is 39.4 Å². The van der Waals surface area contributed by atoms with Gasteiger partial charge in [0.1, 0.15) is 5.65 Å². The Hall–Kier alpha value is -3.53. The van der Waals surface area contributed by atoms with Gasteiger partial charge in [-0.2, -0.15) is 0 Å². The van der Waals surface area contributed by atoms with Gasteiger partial charge < -0.3 is 18.6 Å². The molecule has 33 heavy (non-hydrogen) atoms. The fourth-order valence-electron chi connectivity index (χ4n) is 3.21. The summed E-state index contributed by atoms with van der Waals surface area (Å²) >= 11 is 1.31. The van der Waals surface area contributed by atoms with E-state index in [9.17, 15) is 4.79 Å². The number of aromatic nitrogens is 4. The fraction of sp³-hybridized carbons (Fsp3) is 0.304. The highest BCUT2D eigenvalue weighted by Gasteiger charge is 2.19. The van der Waals surface area contributed by atoms with E-state index < -0.39 is 0 Å². The molecule has 0 radical (unpaired) electrons. The van der Waals surface area contributed by atoms with Crippen LogP contribution in [0.5, 0.6) is 17.2 Å². The van der Waals surface area contributed by atoms with Crippen molar-refractivity contribution in [1.29, 1.82) is 0 Å². The zero-order valence-corrected chi connectivity index (χ0v) is 19.4. The number of fused-ring (bicyclic) bond motifs is 1. The van der Waals surface area contributed by atoms with E-state index in [0.29, 0.717) is 70.8 Å². The zero-order valence-electron chi connectivity index (χ0n) is 18.6. The van der Waals surface area contributed by atoms with Crippen molar-refractivity contribution in [2.45, 2.75) is 31.7 Å². The van der Waals surface area contributed by atoms with Gasteiger partial charge in [0, 0.05) is 23.6 Å². The lowest BCUT2D eigenvalue weighted by molar-refractivity contribution is 0.261. The van der Waals surface area contributed by atoms with Crippen LogP contribution in [0, 0.1) is 0 Å². The largest absolute Gasteiger partial charge is 0.490 e. The summed E-state index contributed by atoms with van der Waals surface area (Å²) in [4.78, 5) is 16.8. The molecule has 9 nitrogen and oxygen atoms in total. The molecule has 3 aromatic heterocycles. The molecule has 0 aliphatic carbocycles. The predicted octanol–water partition coefficient (Wildman–Crippen LogP) is 4.23. The van der Waals surface area contributed by atoms with Gasteiger partial charge in [0.2, 0.25) is 11.6 Å². The average molecular weight is 469 g/mol. The van der Waals surface area contributed by atoms with Crippen LogP contribution in [0.1, 0.15) is 26.5 Å². The third-order valence-corrected chi connectivity index (χ3v) is 5.38. The molecule has 10 heteroatoms. The molecule has 0 atom stereocenters. The average Bonchev–Trinajstić information content (AvgIpc) is 3.29. The summed E-state index contributed by atoms with van der Waals surface area (Å²) in [5.41, 5.74) is 1.75. The Bertz CT molecular complexity index is 1280. The molecule has 4 rings (SSSR count). The molecule has 0 N–H and O–H groups in total. The normalized spacial score (nSPS) is 11.0. The van der Waals surface area contributed by atoms with E-state index in [1.54, 1.807) is 30.5 Å². The number of benzene rings is 1. The van der Waals surface area contributed by atoms with E-state index in [1.165, 1.54) is 22.2 Å². The van der Waals surface area contributed by atoms with Crippen molar-refractivity contribution in [3.05, 3.63) is 58.6 Å². The third-order valence-electron chi connectivity index (χ3n) is 4.53. The van der Waals surface area contributed by atoms with Gasteiger partial charge >= 0.3 is 0 Å². The Kier molecular flexibility index (Phi) is 7.13. The predicted molar refractivity (Wildman–Crippen MR) is 124 cm³/mol. The summed E-state index contributed by atoms with van der Waals surface area (Å²) in [5, 5.41) is 8.66. The molecular formula is C23H24N4O5S. The molecule has 0 saturated carbocycles. The fourth-order valence-corrected chi connectivity index (χ4v) is 3.87. The van der Waals surface area contributed by atoms with Crippen molar-refractivity contribution in [3.63, 3.8) is 0 Å². The monoisotopic (exact) mass is 468 g/mol. The van der Waals surface area contributed by atoms with E-state index in [1.807, 2.05) is 26.8 Å². The summed E-state index contributed by atoms with van der Waals surface area (Å²) < 4.78 is 24.6. The lowest BCUT2D eigenvalue weighted by Crippen LogP contribution is -2.14. The van der Waals surface area contributed by atoms with Crippen LogP contribution in [-0.2, 0) is 5.75 Å². The summed E-state index contributed by atoms with van der Waals surface area (Å²) in [5.74, 6) is 2.39. The molecule has 172 valence electrons. The van der Waals surface area contributed by atoms with Gasteiger partial charge in [0.25, 0.3) is 10.8 Å². The van der Waals surface area contributed by atoms with Crippen LogP contribution in [0.2, 0.25) is 0 Å². The maximum Gasteiger partial charge on any atom is 0.277 e. The lowest BCUT2D eigenvalue weighted by atomic mass is 10.2. The Balaban J connectivity index is 1.57. The lowest BCUT2D eigenvalue weighted by Gasteiger charge is -2.16. The summed E-state index contributed by atoms with van der Waals surface area (Å²) in [6, 6.07) is 10.5. The molecular weight excluding hydrogens is 444 g/mol. The summed E-state index contributed by atoms with van der Waals surface area (Å²) in [6.07, 6.45) is 1.69. The third kappa shape index (κ3) is 5.11. The molecule has 0 saturated heterocycles. The minimum atomic E-state index is -0.135. The molecule has 0 amide bonds. The number of pyridine rings is 1. The Morgan fingerprint density at radius 3 is 2.39 bits per heavy atom. The van der Waals surface area contributed by atoms with E-state index in [0.717, 1.165) is 0 Å². The zero-order chi connectivity index (χ0) is 23.2. The quantitative estimate of drug-likeness (QED) is 0.316. The Labute approximate surface area is 194 Å². The number of hydrogen-bond donors (Lipinski definition) is 0. The maximum absolute atomic E-state index is 12.3. The smallest absolute Gasteiger partial charge is 0.277 e. The second-order valence-corrected chi connectivity index (χ2v) is 7.70. The van der Waals surface area contributed by atoms with Crippen molar-refractivity contribution >= 4 is 17.4 Å². The minimum absolute atomic E-state index is 0.135. The first-order valence-electron chi connectivity index (χ1n) is 10.6. The van der Waals surface area contributed by atoms with Crippen LogP contribution >= 0.6 is 11.8 Å². The summed E-state index contributed by atoms with van der Waals surface area (Å²) in [7, 11) is 0. The highest BCUT2D eigenvalue weighted by atomic mass is 32.2. The SMILES string of the molecule is CCOc1cc(-c2nnc(SCc3cc(=O)n4ccccc4n3)o2)cc(OCC)c1OCC. The van der Waals surface area contributed by atoms with Gasteiger partial charge in [0.05, 0.1) is 25.5 Å². The molecule has 0 aliphatic heterocycles. The maximum atomic E-state index is 12.3. The van der Waals surface area contributed by atoms with Gasteiger partial charge in [0.15, 0.2) is 11.5 Å². The van der Waals surface area contributed by atoms with Gasteiger partial charge in [-0.15, -0.1) is 10.2 Å². The molecule has 1 aromatic carbocycles. The molecule has 4 aromatic rings. The Morgan fingerprint density at radius 2 is 1.70 bits per heavy atom. The Morgan fingerprint density at radius 1 is 0.970 bits per heavy atom. The highest BCUT2D eigenvalue weighted by molar-refractivity contribution is 7.98. The number of rotatable bonds is 10. The van der Waals surface area contributed by atoms with Gasteiger partial charge in [-0.25, -0.2) is 4.98 Å². The number of ether oxygens (including phenoxy) is 3. The topological polar surface area (TPSA) is 101 Å². The van der Waals surface area contributed by atoms with E-state index >= 15 is 0 Å².